The number of hydrogen-bond acceptors (Lipinski definition) is 5. The number of carboxylic acids is 1. The lowest BCUT2D eigenvalue weighted by Gasteiger charge is -2.33. The number of allylic oxidation sites excluding steroid dienone is 1. The van der Waals surface area contributed by atoms with Crippen LogP contribution in [0.25, 0.3) is 6.08 Å². The van der Waals surface area contributed by atoms with Crippen molar-refractivity contribution in [2.45, 2.75) is 52.2 Å². The van der Waals surface area contributed by atoms with Crippen LogP contribution < -0.4 is 14.4 Å². The van der Waals surface area contributed by atoms with Crippen molar-refractivity contribution in [3.05, 3.63) is 76.5 Å². The SMILES string of the molecule is C/C1=C/CC(C)N(c2cc3c(cc2OCc2ccc(/C=C/C(=O)O)cc2)CCC3)S(=O)(=O)C(=S)N1. The van der Waals surface area contributed by atoms with Crippen LogP contribution in [-0.4, -0.2) is 29.9 Å². The van der Waals surface area contributed by atoms with E-state index in [9.17, 15) is 13.2 Å². The summed E-state index contributed by atoms with van der Waals surface area (Å²) in [5, 5.41) is 11.6. The van der Waals surface area contributed by atoms with Crippen LogP contribution in [0.1, 0.15) is 48.9 Å². The van der Waals surface area contributed by atoms with E-state index in [-0.39, 0.29) is 17.0 Å². The summed E-state index contributed by atoms with van der Waals surface area (Å²) < 4.78 is 34.4. The third-order valence-corrected chi connectivity index (χ3v) is 8.54. The Morgan fingerprint density at radius 3 is 2.60 bits per heavy atom. The molecule has 2 aliphatic rings. The molecule has 0 aromatic heterocycles. The molecule has 2 N–H and O–H groups in total. The first-order chi connectivity index (χ1) is 16.6. The van der Waals surface area contributed by atoms with Gasteiger partial charge in [0.15, 0.2) is 0 Å². The molecule has 1 unspecified atom stereocenters. The van der Waals surface area contributed by atoms with Gasteiger partial charge in [0.05, 0.1) is 5.69 Å². The van der Waals surface area contributed by atoms with E-state index >= 15 is 0 Å². The first-order valence-electron chi connectivity index (χ1n) is 11.5. The van der Waals surface area contributed by atoms with Crippen LogP contribution >= 0.6 is 12.2 Å². The van der Waals surface area contributed by atoms with Crippen LogP contribution in [0.15, 0.2) is 54.2 Å². The maximum absolute atomic E-state index is 13.5. The second-order valence-electron chi connectivity index (χ2n) is 8.83. The van der Waals surface area contributed by atoms with Gasteiger partial charge >= 0.3 is 5.97 Å². The van der Waals surface area contributed by atoms with Gasteiger partial charge in [-0.1, -0.05) is 30.3 Å². The predicted octanol–water partition coefficient (Wildman–Crippen LogP) is 4.56. The zero-order valence-electron chi connectivity index (χ0n) is 19.7. The first-order valence-corrected chi connectivity index (χ1v) is 13.3. The van der Waals surface area contributed by atoms with Gasteiger partial charge in [-0.3, -0.25) is 4.31 Å². The van der Waals surface area contributed by atoms with Crippen molar-refractivity contribution in [2.75, 3.05) is 4.31 Å². The molecule has 2 aromatic carbocycles. The minimum atomic E-state index is -3.96. The molecule has 1 heterocycles. The number of nitrogens with zero attached hydrogens (tertiary/aromatic N) is 1. The largest absolute Gasteiger partial charge is 0.487 e. The summed E-state index contributed by atoms with van der Waals surface area (Å²) in [6.07, 6.45) is 7.94. The maximum atomic E-state index is 13.5. The zero-order valence-corrected chi connectivity index (χ0v) is 21.3. The number of anilines is 1. The van der Waals surface area contributed by atoms with E-state index in [1.165, 1.54) is 15.9 Å². The quantitative estimate of drug-likeness (QED) is 0.433. The molecular formula is C26H28N2O5S2. The number of sulfonamides is 1. The number of fused-ring (bicyclic) bond motifs is 1. The van der Waals surface area contributed by atoms with Crippen molar-refractivity contribution in [1.82, 2.24) is 5.32 Å². The molecule has 0 saturated carbocycles. The smallest absolute Gasteiger partial charge is 0.328 e. The highest BCUT2D eigenvalue weighted by Crippen LogP contribution is 2.39. The Kier molecular flexibility index (Phi) is 7.28. The van der Waals surface area contributed by atoms with E-state index < -0.39 is 16.0 Å². The molecule has 0 fully saturated rings. The van der Waals surface area contributed by atoms with Crippen molar-refractivity contribution in [3.63, 3.8) is 0 Å². The van der Waals surface area contributed by atoms with Crippen LogP contribution in [0.5, 0.6) is 5.75 Å². The zero-order chi connectivity index (χ0) is 25.2. The molecule has 0 saturated heterocycles. The molecule has 35 heavy (non-hydrogen) atoms. The average Bonchev–Trinajstić information content (AvgIpc) is 3.27. The lowest BCUT2D eigenvalue weighted by atomic mass is 10.1. The molecule has 0 bridgehead atoms. The number of benzene rings is 2. The third kappa shape index (κ3) is 5.57. The number of hydrogen-bond donors (Lipinski definition) is 2. The Labute approximate surface area is 211 Å². The summed E-state index contributed by atoms with van der Waals surface area (Å²) in [7, 11) is -3.96. The van der Waals surface area contributed by atoms with Crippen molar-refractivity contribution >= 4 is 44.3 Å². The van der Waals surface area contributed by atoms with Crippen LogP contribution in [0.2, 0.25) is 0 Å². The Balaban J connectivity index is 1.67. The standard InChI is InChI=1S/C26H28N2O5S2/c1-17-6-7-18(2)28(35(31,32)26(34)27-17)23-14-21-4-3-5-22(21)15-24(23)33-16-20-10-8-19(9-11-20)12-13-25(29)30/h6,8-15,18H,3-5,7,16H2,1-2H3,(H,27,34)(H,29,30)/b13-12+,17-6-. The van der Waals surface area contributed by atoms with Gasteiger partial charge in [-0.15, -0.1) is 0 Å². The molecule has 184 valence electrons. The van der Waals surface area contributed by atoms with Gasteiger partial charge in [-0.2, -0.15) is 8.42 Å². The number of rotatable bonds is 6. The molecule has 4 rings (SSSR count). The molecule has 7 nitrogen and oxygen atoms in total. The van der Waals surface area contributed by atoms with Gasteiger partial charge in [-0.05, 0) is 92.2 Å². The Morgan fingerprint density at radius 2 is 1.91 bits per heavy atom. The number of aryl methyl sites for hydroxylation is 2. The summed E-state index contributed by atoms with van der Waals surface area (Å²) in [6.45, 7) is 3.91. The number of nitrogens with one attached hydrogen (secondary N) is 1. The van der Waals surface area contributed by atoms with Gasteiger partial charge in [0.25, 0.3) is 10.0 Å². The highest BCUT2D eigenvalue weighted by Gasteiger charge is 2.35. The third-order valence-electron chi connectivity index (χ3n) is 6.16. The fourth-order valence-corrected chi connectivity index (χ4v) is 6.17. The lowest BCUT2D eigenvalue weighted by Crippen LogP contribution is -2.47. The molecule has 1 aliphatic carbocycles. The van der Waals surface area contributed by atoms with Crippen LogP contribution in [-0.2, 0) is 34.3 Å². The molecule has 0 radical (unpaired) electrons. The highest BCUT2D eigenvalue weighted by atomic mass is 32.2. The lowest BCUT2D eigenvalue weighted by molar-refractivity contribution is -0.131. The highest BCUT2D eigenvalue weighted by molar-refractivity contribution is 8.18. The van der Waals surface area contributed by atoms with Crippen molar-refractivity contribution < 1.29 is 23.1 Å². The van der Waals surface area contributed by atoms with Crippen molar-refractivity contribution in [1.29, 1.82) is 0 Å². The van der Waals surface area contributed by atoms with E-state index in [2.05, 4.69) is 5.32 Å². The van der Waals surface area contributed by atoms with Crippen molar-refractivity contribution in [3.8, 4) is 5.75 Å². The maximum Gasteiger partial charge on any atom is 0.328 e. The van der Waals surface area contributed by atoms with Gasteiger partial charge in [0, 0.05) is 17.8 Å². The predicted molar refractivity (Wildman–Crippen MR) is 141 cm³/mol. The number of aliphatic carboxylic acids is 1. The number of carboxylic acid groups (broad SMARTS) is 1. The van der Waals surface area contributed by atoms with E-state index in [4.69, 9.17) is 22.1 Å². The van der Waals surface area contributed by atoms with Gasteiger partial charge in [-0.25, -0.2) is 4.79 Å². The number of carbonyl (C=O) groups is 1. The minimum Gasteiger partial charge on any atom is -0.487 e. The van der Waals surface area contributed by atoms with Gasteiger partial charge in [0.1, 0.15) is 12.4 Å². The summed E-state index contributed by atoms with van der Waals surface area (Å²) in [5.74, 6) is -0.504. The first kappa shape index (κ1) is 24.9. The second kappa shape index (κ2) is 10.2. The molecule has 9 heteroatoms. The van der Waals surface area contributed by atoms with Crippen LogP contribution in [0.4, 0.5) is 5.69 Å². The molecular weight excluding hydrogens is 484 g/mol. The fraction of sp³-hybridized carbons (Fsp3) is 0.308. The Bertz CT molecular complexity index is 1310. The van der Waals surface area contributed by atoms with E-state index in [0.717, 1.165) is 47.7 Å². The molecule has 0 spiro atoms. The monoisotopic (exact) mass is 512 g/mol. The molecule has 2 aromatic rings. The average molecular weight is 513 g/mol. The number of thiocarbonyl (C=S) groups is 1. The van der Waals surface area contributed by atoms with E-state index in [1.807, 2.05) is 49.4 Å². The topological polar surface area (TPSA) is 95.9 Å². The van der Waals surface area contributed by atoms with E-state index in [0.29, 0.717) is 17.9 Å². The van der Waals surface area contributed by atoms with Crippen LogP contribution in [0.3, 0.4) is 0 Å². The summed E-state index contributed by atoms with van der Waals surface area (Å²) in [5.41, 5.74) is 5.17. The Morgan fingerprint density at radius 1 is 1.23 bits per heavy atom. The molecule has 1 atom stereocenters. The number of ether oxygens (including phenoxy) is 1. The summed E-state index contributed by atoms with van der Waals surface area (Å²) >= 11 is 5.26. The van der Waals surface area contributed by atoms with Gasteiger partial charge < -0.3 is 15.2 Å². The minimum absolute atomic E-state index is 0.228. The second-order valence-corrected chi connectivity index (χ2v) is 11.2. The van der Waals surface area contributed by atoms with Gasteiger partial charge in [0.2, 0.25) is 4.32 Å². The molecule has 0 amide bonds. The van der Waals surface area contributed by atoms with Crippen molar-refractivity contribution in [2.24, 2.45) is 0 Å². The van der Waals surface area contributed by atoms with Crippen LogP contribution in [0, 0.1) is 0 Å². The summed E-state index contributed by atoms with van der Waals surface area (Å²) in [4.78, 5) is 10.7. The normalized spacial score (nSPS) is 21.0. The van der Waals surface area contributed by atoms with E-state index in [1.54, 1.807) is 6.92 Å². The fourth-order valence-electron chi connectivity index (χ4n) is 4.34. The molecule has 1 aliphatic heterocycles. The Hall–Kier alpha value is -3.17. The summed E-state index contributed by atoms with van der Waals surface area (Å²) in [6, 6.07) is 10.9.